The number of hydrogen-bond acceptors (Lipinski definition) is 4. The third kappa shape index (κ3) is 3.15. The predicted octanol–water partition coefficient (Wildman–Crippen LogP) is 2.60. The van der Waals surface area contributed by atoms with Gasteiger partial charge < -0.3 is 15.4 Å². The van der Waals surface area contributed by atoms with Crippen molar-refractivity contribution in [2.24, 2.45) is 0 Å². The van der Waals surface area contributed by atoms with E-state index in [2.05, 4.69) is 23.0 Å². The monoisotopic (exact) mass is 259 g/mol. The highest BCUT2D eigenvalue weighted by Crippen LogP contribution is 2.27. The van der Waals surface area contributed by atoms with Gasteiger partial charge >= 0.3 is 0 Å². The Morgan fingerprint density at radius 1 is 1.32 bits per heavy atom. The third-order valence-electron chi connectivity index (χ3n) is 3.19. The van der Waals surface area contributed by atoms with E-state index in [0.717, 1.165) is 41.9 Å². The molecule has 0 aliphatic carbocycles. The number of nitrogen functional groups attached to an aromatic ring is 1. The van der Waals surface area contributed by atoms with Crippen LogP contribution in [0.3, 0.4) is 0 Å². The first-order chi connectivity index (χ1) is 9.11. The standard InChI is InChI=1S/C15H21N3O/c1-11-9-15(18(2)7-4-8-19-3)13-10-12(16)5-6-14(13)17-11/h5-6,9-10H,4,7-8,16H2,1-3H3. The van der Waals surface area contributed by atoms with Crippen molar-refractivity contribution in [2.75, 3.05) is 37.9 Å². The van der Waals surface area contributed by atoms with Crippen LogP contribution in [0, 0.1) is 6.92 Å². The maximum atomic E-state index is 5.89. The second-order valence-corrected chi connectivity index (χ2v) is 4.83. The molecule has 0 aliphatic rings. The minimum Gasteiger partial charge on any atom is -0.399 e. The number of pyridine rings is 1. The highest BCUT2D eigenvalue weighted by atomic mass is 16.5. The highest BCUT2D eigenvalue weighted by molar-refractivity contribution is 5.93. The first-order valence-corrected chi connectivity index (χ1v) is 6.49. The minimum atomic E-state index is 0.768. The van der Waals surface area contributed by atoms with Gasteiger partial charge in [0.1, 0.15) is 0 Å². The topological polar surface area (TPSA) is 51.4 Å². The molecule has 0 saturated heterocycles. The van der Waals surface area contributed by atoms with Gasteiger partial charge in [-0.25, -0.2) is 0 Å². The molecule has 19 heavy (non-hydrogen) atoms. The Labute approximate surface area is 114 Å². The summed E-state index contributed by atoms with van der Waals surface area (Å²) in [6, 6.07) is 7.96. The van der Waals surface area contributed by atoms with E-state index in [9.17, 15) is 0 Å². The predicted molar refractivity (Wildman–Crippen MR) is 80.7 cm³/mol. The van der Waals surface area contributed by atoms with Crippen molar-refractivity contribution >= 4 is 22.3 Å². The number of aromatic nitrogens is 1. The maximum Gasteiger partial charge on any atom is 0.0727 e. The summed E-state index contributed by atoms with van der Waals surface area (Å²) in [6.45, 7) is 3.73. The first kappa shape index (κ1) is 13.6. The summed E-state index contributed by atoms with van der Waals surface area (Å²) >= 11 is 0. The second kappa shape index (κ2) is 5.89. The van der Waals surface area contributed by atoms with Gasteiger partial charge in [0, 0.05) is 49.8 Å². The van der Waals surface area contributed by atoms with Crippen LogP contribution in [0.1, 0.15) is 12.1 Å². The van der Waals surface area contributed by atoms with Crippen molar-refractivity contribution in [1.29, 1.82) is 0 Å². The Hall–Kier alpha value is -1.81. The number of benzene rings is 1. The van der Waals surface area contributed by atoms with Crippen molar-refractivity contribution in [3.63, 3.8) is 0 Å². The molecular formula is C15H21N3O. The molecule has 1 heterocycles. The molecule has 4 nitrogen and oxygen atoms in total. The molecule has 0 atom stereocenters. The number of nitrogens with two attached hydrogens (primary N) is 1. The molecule has 0 radical (unpaired) electrons. The van der Waals surface area contributed by atoms with E-state index in [1.54, 1.807) is 7.11 Å². The van der Waals surface area contributed by atoms with Crippen LogP contribution in [0.5, 0.6) is 0 Å². The number of methoxy groups -OCH3 is 1. The van der Waals surface area contributed by atoms with Gasteiger partial charge in [0.2, 0.25) is 0 Å². The van der Waals surface area contributed by atoms with Crippen LogP contribution in [0.2, 0.25) is 0 Å². The summed E-state index contributed by atoms with van der Waals surface area (Å²) < 4.78 is 5.10. The molecule has 2 rings (SSSR count). The maximum absolute atomic E-state index is 5.89. The van der Waals surface area contributed by atoms with Gasteiger partial charge in [0.15, 0.2) is 0 Å². The fourth-order valence-corrected chi connectivity index (χ4v) is 2.24. The van der Waals surface area contributed by atoms with Gasteiger partial charge in [-0.1, -0.05) is 0 Å². The summed E-state index contributed by atoms with van der Waals surface area (Å²) in [6.07, 6.45) is 0.998. The van der Waals surface area contributed by atoms with Gasteiger partial charge in [-0.15, -0.1) is 0 Å². The molecule has 2 N–H and O–H groups in total. The van der Waals surface area contributed by atoms with Crippen LogP contribution in [-0.2, 0) is 4.74 Å². The highest BCUT2D eigenvalue weighted by Gasteiger charge is 2.08. The Bertz CT molecular complexity index is 569. The van der Waals surface area contributed by atoms with Crippen molar-refractivity contribution < 1.29 is 4.74 Å². The molecule has 2 aromatic rings. The van der Waals surface area contributed by atoms with Crippen LogP contribution in [0.4, 0.5) is 11.4 Å². The number of anilines is 2. The SMILES string of the molecule is COCCCN(C)c1cc(C)nc2ccc(N)cc12. The van der Waals surface area contributed by atoms with Gasteiger partial charge in [-0.2, -0.15) is 0 Å². The molecule has 102 valence electrons. The average Bonchev–Trinajstić information content (AvgIpc) is 2.38. The van der Waals surface area contributed by atoms with E-state index in [1.807, 2.05) is 25.1 Å². The number of fused-ring (bicyclic) bond motifs is 1. The Morgan fingerprint density at radius 3 is 2.84 bits per heavy atom. The van der Waals surface area contributed by atoms with Crippen LogP contribution in [0.25, 0.3) is 10.9 Å². The van der Waals surface area contributed by atoms with E-state index >= 15 is 0 Å². The molecule has 1 aromatic carbocycles. The lowest BCUT2D eigenvalue weighted by Gasteiger charge is -2.21. The molecule has 0 unspecified atom stereocenters. The zero-order valence-corrected chi connectivity index (χ0v) is 11.8. The first-order valence-electron chi connectivity index (χ1n) is 6.49. The largest absolute Gasteiger partial charge is 0.399 e. The fraction of sp³-hybridized carbons (Fsp3) is 0.400. The number of hydrogen-bond donors (Lipinski definition) is 1. The second-order valence-electron chi connectivity index (χ2n) is 4.83. The Kier molecular flexibility index (Phi) is 4.22. The lowest BCUT2D eigenvalue weighted by atomic mass is 10.1. The molecule has 4 heteroatoms. The zero-order valence-electron chi connectivity index (χ0n) is 11.8. The number of nitrogens with zero attached hydrogens (tertiary/aromatic N) is 2. The molecular weight excluding hydrogens is 238 g/mol. The third-order valence-corrected chi connectivity index (χ3v) is 3.19. The van der Waals surface area contributed by atoms with E-state index < -0.39 is 0 Å². The molecule has 0 bridgehead atoms. The average molecular weight is 259 g/mol. The normalized spacial score (nSPS) is 10.9. The van der Waals surface area contributed by atoms with Gasteiger partial charge in [-0.05, 0) is 37.6 Å². The van der Waals surface area contributed by atoms with E-state index in [-0.39, 0.29) is 0 Å². The smallest absolute Gasteiger partial charge is 0.0727 e. The van der Waals surface area contributed by atoms with Crippen molar-refractivity contribution in [1.82, 2.24) is 4.98 Å². The molecule has 0 aliphatic heterocycles. The summed E-state index contributed by atoms with van der Waals surface area (Å²) in [5.41, 5.74) is 9.83. The summed E-state index contributed by atoms with van der Waals surface area (Å²) in [7, 11) is 3.82. The summed E-state index contributed by atoms with van der Waals surface area (Å²) in [5, 5.41) is 1.10. The van der Waals surface area contributed by atoms with Crippen LogP contribution >= 0.6 is 0 Å². The number of aryl methyl sites for hydroxylation is 1. The van der Waals surface area contributed by atoms with Crippen molar-refractivity contribution in [3.05, 3.63) is 30.0 Å². The summed E-state index contributed by atoms with van der Waals surface area (Å²) in [5.74, 6) is 0. The molecule has 0 fully saturated rings. The lowest BCUT2D eigenvalue weighted by molar-refractivity contribution is 0.196. The molecule has 0 saturated carbocycles. The lowest BCUT2D eigenvalue weighted by Crippen LogP contribution is -2.20. The van der Waals surface area contributed by atoms with Crippen LogP contribution in [-0.4, -0.2) is 32.3 Å². The molecule has 0 amide bonds. The van der Waals surface area contributed by atoms with Crippen LogP contribution in [0.15, 0.2) is 24.3 Å². The van der Waals surface area contributed by atoms with Crippen molar-refractivity contribution in [3.8, 4) is 0 Å². The van der Waals surface area contributed by atoms with Gasteiger partial charge in [-0.3, -0.25) is 4.98 Å². The Morgan fingerprint density at radius 2 is 2.11 bits per heavy atom. The van der Waals surface area contributed by atoms with E-state index in [4.69, 9.17) is 10.5 Å². The van der Waals surface area contributed by atoms with Crippen molar-refractivity contribution in [2.45, 2.75) is 13.3 Å². The minimum absolute atomic E-state index is 0.768. The number of ether oxygens (including phenoxy) is 1. The fourth-order valence-electron chi connectivity index (χ4n) is 2.24. The van der Waals surface area contributed by atoms with Gasteiger partial charge in [0.05, 0.1) is 5.52 Å². The molecule has 0 spiro atoms. The zero-order chi connectivity index (χ0) is 13.8. The Balaban J connectivity index is 2.37. The van der Waals surface area contributed by atoms with E-state index in [0.29, 0.717) is 0 Å². The van der Waals surface area contributed by atoms with Gasteiger partial charge in [0.25, 0.3) is 0 Å². The molecule has 1 aromatic heterocycles. The number of rotatable bonds is 5. The summed E-state index contributed by atoms with van der Waals surface area (Å²) in [4.78, 5) is 6.78. The van der Waals surface area contributed by atoms with Crippen LogP contribution < -0.4 is 10.6 Å². The quantitative estimate of drug-likeness (QED) is 0.662. The van der Waals surface area contributed by atoms with E-state index in [1.165, 1.54) is 5.69 Å².